The molecule has 0 amide bonds. The van der Waals surface area contributed by atoms with Crippen molar-refractivity contribution < 1.29 is 4.74 Å². The quantitative estimate of drug-likeness (QED) is 0.776. The molecule has 5 heteroatoms. The van der Waals surface area contributed by atoms with E-state index in [-0.39, 0.29) is 6.04 Å². The minimum atomic E-state index is 0.229. The summed E-state index contributed by atoms with van der Waals surface area (Å²) in [4.78, 5) is 2.15. The molecule has 1 heterocycles. The van der Waals surface area contributed by atoms with Crippen molar-refractivity contribution in [3.63, 3.8) is 0 Å². The van der Waals surface area contributed by atoms with E-state index in [1.807, 2.05) is 11.7 Å². The lowest BCUT2D eigenvalue weighted by molar-refractivity contribution is 0.329. The van der Waals surface area contributed by atoms with E-state index < -0.39 is 0 Å². The summed E-state index contributed by atoms with van der Waals surface area (Å²) in [5, 5.41) is 7.62. The van der Waals surface area contributed by atoms with Crippen LogP contribution in [0.2, 0.25) is 0 Å². The third-order valence-electron chi connectivity index (χ3n) is 2.59. The molecule has 0 radical (unpaired) electrons. The Morgan fingerprint density at radius 1 is 1.56 bits per heavy atom. The van der Waals surface area contributed by atoms with Crippen LogP contribution < -0.4 is 10.1 Å². The molecule has 0 saturated carbocycles. The van der Waals surface area contributed by atoms with E-state index in [0.29, 0.717) is 0 Å². The van der Waals surface area contributed by atoms with Crippen molar-refractivity contribution in [3.8, 4) is 5.75 Å². The minimum Gasteiger partial charge on any atom is -0.493 e. The Morgan fingerprint density at radius 3 is 2.69 bits per heavy atom. The first-order valence-corrected chi connectivity index (χ1v) is 5.55. The zero-order valence-corrected chi connectivity index (χ0v) is 10.8. The summed E-state index contributed by atoms with van der Waals surface area (Å²) >= 11 is 0. The number of hydrogen-bond donors (Lipinski definition) is 1. The highest BCUT2D eigenvalue weighted by Crippen LogP contribution is 2.24. The monoisotopic (exact) mass is 226 g/mol. The third kappa shape index (κ3) is 2.74. The Bertz CT molecular complexity index is 300. The van der Waals surface area contributed by atoms with Gasteiger partial charge in [0, 0.05) is 13.1 Å². The van der Waals surface area contributed by atoms with Gasteiger partial charge in [-0.3, -0.25) is 4.68 Å². The van der Waals surface area contributed by atoms with Crippen LogP contribution in [0.5, 0.6) is 5.75 Å². The molecule has 1 rings (SSSR count). The molecule has 0 aliphatic carbocycles. The SMILES string of the molecule is CCn1ncc(OC)c1C(CN(C)C)NC. The molecule has 1 aromatic heterocycles. The number of ether oxygens (including phenoxy) is 1. The standard InChI is InChI=1S/C11H22N4O/c1-6-15-11(10(16-5)7-13-15)9(12-2)8-14(3)4/h7,9,12H,6,8H2,1-5H3. The van der Waals surface area contributed by atoms with E-state index in [9.17, 15) is 0 Å². The molecule has 1 unspecified atom stereocenters. The summed E-state index contributed by atoms with van der Waals surface area (Å²) in [5.41, 5.74) is 1.11. The molecular weight excluding hydrogens is 204 g/mol. The van der Waals surface area contributed by atoms with Gasteiger partial charge in [-0.05, 0) is 28.1 Å². The fourth-order valence-electron chi connectivity index (χ4n) is 1.82. The van der Waals surface area contributed by atoms with Crippen molar-refractivity contribution in [1.29, 1.82) is 0 Å². The second-order valence-electron chi connectivity index (χ2n) is 4.02. The summed E-state index contributed by atoms with van der Waals surface area (Å²) in [6, 6.07) is 0.229. The highest BCUT2D eigenvalue weighted by Gasteiger charge is 2.20. The van der Waals surface area contributed by atoms with Gasteiger partial charge in [-0.15, -0.1) is 0 Å². The van der Waals surface area contributed by atoms with Crippen molar-refractivity contribution in [2.45, 2.75) is 19.5 Å². The van der Waals surface area contributed by atoms with Gasteiger partial charge >= 0.3 is 0 Å². The molecule has 5 nitrogen and oxygen atoms in total. The summed E-state index contributed by atoms with van der Waals surface area (Å²) in [6.07, 6.45) is 1.78. The second kappa shape index (κ2) is 5.86. The summed E-state index contributed by atoms with van der Waals surface area (Å²) < 4.78 is 7.33. The van der Waals surface area contributed by atoms with Crippen LogP contribution in [0.15, 0.2) is 6.20 Å². The number of aromatic nitrogens is 2. The number of nitrogens with zero attached hydrogens (tertiary/aromatic N) is 3. The van der Waals surface area contributed by atoms with Crippen LogP contribution in [0.25, 0.3) is 0 Å². The first-order chi connectivity index (χ1) is 7.63. The Labute approximate surface area is 97.4 Å². The fourth-order valence-corrected chi connectivity index (χ4v) is 1.82. The van der Waals surface area contributed by atoms with E-state index in [1.54, 1.807) is 13.3 Å². The number of methoxy groups -OCH3 is 1. The molecule has 16 heavy (non-hydrogen) atoms. The van der Waals surface area contributed by atoms with E-state index in [1.165, 1.54) is 0 Å². The highest BCUT2D eigenvalue weighted by molar-refractivity contribution is 5.28. The number of rotatable bonds is 6. The normalized spacial score (nSPS) is 13.1. The maximum atomic E-state index is 5.35. The first-order valence-electron chi connectivity index (χ1n) is 5.55. The van der Waals surface area contributed by atoms with Crippen LogP contribution in [0.4, 0.5) is 0 Å². The molecule has 1 N–H and O–H groups in total. The molecule has 0 fully saturated rings. The van der Waals surface area contributed by atoms with Crippen molar-refractivity contribution in [3.05, 3.63) is 11.9 Å². The molecule has 0 aliphatic rings. The van der Waals surface area contributed by atoms with Crippen LogP contribution >= 0.6 is 0 Å². The Hall–Kier alpha value is -1.07. The lowest BCUT2D eigenvalue weighted by Gasteiger charge is -2.22. The number of nitrogens with one attached hydrogen (secondary N) is 1. The van der Waals surface area contributed by atoms with Gasteiger partial charge in [0.2, 0.25) is 0 Å². The Kier molecular flexibility index (Phi) is 4.76. The molecule has 0 aliphatic heterocycles. The van der Waals surface area contributed by atoms with Crippen molar-refractivity contribution in [1.82, 2.24) is 20.0 Å². The number of hydrogen-bond acceptors (Lipinski definition) is 4. The van der Waals surface area contributed by atoms with Crippen molar-refractivity contribution >= 4 is 0 Å². The molecule has 1 aromatic rings. The van der Waals surface area contributed by atoms with Gasteiger partial charge in [-0.2, -0.15) is 5.10 Å². The second-order valence-corrected chi connectivity index (χ2v) is 4.02. The molecule has 92 valence electrons. The molecule has 1 atom stereocenters. The van der Waals surface area contributed by atoms with Crippen molar-refractivity contribution in [2.24, 2.45) is 0 Å². The first kappa shape index (κ1) is 13.0. The van der Waals surface area contributed by atoms with Gasteiger partial charge in [0.05, 0.1) is 25.0 Å². The largest absolute Gasteiger partial charge is 0.493 e. The zero-order chi connectivity index (χ0) is 12.1. The molecular formula is C11H22N4O. The predicted octanol–water partition coefficient (Wildman–Crippen LogP) is 0.734. The van der Waals surface area contributed by atoms with E-state index in [0.717, 1.165) is 24.5 Å². The van der Waals surface area contributed by atoms with Gasteiger partial charge in [0.15, 0.2) is 5.75 Å². The smallest absolute Gasteiger partial charge is 0.161 e. The predicted molar refractivity (Wildman–Crippen MR) is 64.8 cm³/mol. The van der Waals surface area contributed by atoms with Crippen LogP contribution in [0.1, 0.15) is 18.7 Å². The molecule has 0 aromatic carbocycles. The van der Waals surface area contributed by atoms with E-state index >= 15 is 0 Å². The number of aryl methyl sites for hydroxylation is 1. The number of likely N-dealkylation sites (N-methyl/N-ethyl adjacent to an activating group) is 2. The lowest BCUT2D eigenvalue weighted by atomic mass is 10.2. The van der Waals surface area contributed by atoms with Crippen LogP contribution in [-0.2, 0) is 6.54 Å². The summed E-state index contributed by atoms with van der Waals surface area (Å²) in [6.45, 7) is 3.85. The van der Waals surface area contributed by atoms with Crippen LogP contribution in [0.3, 0.4) is 0 Å². The Morgan fingerprint density at radius 2 is 2.25 bits per heavy atom. The zero-order valence-electron chi connectivity index (χ0n) is 10.8. The third-order valence-corrected chi connectivity index (χ3v) is 2.59. The average molecular weight is 226 g/mol. The van der Waals surface area contributed by atoms with Gasteiger partial charge < -0.3 is 15.0 Å². The fraction of sp³-hybridized carbons (Fsp3) is 0.727. The van der Waals surface area contributed by atoms with Crippen LogP contribution in [0, 0.1) is 0 Å². The van der Waals surface area contributed by atoms with Crippen LogP contribution in [-0.4, -0.2) is 49.5 Å². The van der Waals surface area contributed by atoms with Gasteiger partial charge in [0.25, 0.3) is 0 Å². The lowest BCUT2D eigenvalue weighted by Crippen LogP contribution is -2.31. The van der Waals surface area contributed by atoms with Gasteiger partial charge in [-0.1, -0.05) is 0 Å². The van der Waals surface area contributed by atoms with E-state index in [4.69, 9.17) is 4.74 Å². The average Bonchev–Trinajstić information content (AvgIpc) is 2.68. The summed E-state index contributed by atoms with van der Waals surface area (Å²) in [5.74, 6) is 0.850. The Balaban J connectivity index is 3.00. The summed E-state index contributed by atoms with van der Waals surface area (Å²) in [7, 11) is 7.76. The van der Waals surface area contributed by atoms with Crippen molar-refractivity contribution in [2.75, 3.05) is 34.8 Å². The van der Waals surface area contributed by atoms with E-state index in [2.05, 4.69) is 36.3 Å². The van der Waals surface area contributed by atoms with Gasteiger partial charge in [0.1, 0.15) is 0 Å². The molecule has 0 saturated heterocycles. The maximum absolute atomic E-state index is 5.35. The highest BCUT2D eigenvalue weighted by atomic mass is 16.5. The molecule has 0 spiro atoms. The van der Waals surface area contributed by atoms with Gasteiger partial charge in [-0.25, -0.2) is 0 Å². The minimum absolute atomic E-state index is 0.229. The topological polar surface area (TPSA) is 42.3 Å². The maximum Gasteiger partial charge on any atom is 0.161 e. The molecule has 0 bridgehead atoms.